The van der Waals surface area contributed by atoms with Gasteiger partial charge in [-0.2, -0.15) is 0 Å². The van der Waals surface area contributed by atoms with Gasteiger partial charge in [0, 0.05) is 13.5 Å². The fourth-order valence-electron chi connectivity index (χ4n) is 2.20. The van der Waals surface area contributed by atoms with E-state index in [0.29, 0.717) is 6.42 Å². The molecular weight excluding hydrogens is 338 g/mol. The first kappa shape index (κ1) is 23.5. The zero-order chi connectivity index (χ0) is 18.3. The molecule has 8 heteroatoms. The highest BCUT2D eigenvalue weighted by atomic mass is 31.2. The highest BCUT2D eigenvalue weighted by Crippen LogP contribution is 2.43. The third kappa shape index (κ3) is 16.4. The van der Waals surface area contributed by atoms with Crippen LogP contribution in [0.4, 0.5) is 4.20 Å². The molecule has 0 bridgehead atoms. The number of hydrogen-bond donors (Lipinski definition) is 1. The van der Waals surface area contributed by atoms with Crippen molar-refractivity contribution >= 4 is 13.9 Å². The monoisotopic (exact) mass is 370 g/mol. The highest BCUT2D eigenvalue weighted by Gasteiger charge is 2.21. The van der Waals surface area contributed by atoms with Gasteiger partial charge in [-0.1, -0.05) is 58.3 Å². The molecule has 0 aromatic rings. The van der Waals surface area contributed by atoms with E-state index in [-0.39, 0.29) is 12.6 Å². The standard InChI is InChI=1S/C16H32FO6P/c1-3-4-5-6-7-8-9-10-11-12-16(18)22-13-15(21-2)14-23-24(17,19)20/h15H,3-14H2,1-2H3,(H,19,20). The van der Waals surface area contributed by atoms with Crippen LogP contribution >= 0.6 is 7.91 Å². The van der Waals surface area contributed by atoms with Crippen molar-refractivity contribution in [2.45, 2.75) is 77.2 Å². The van der Waals surface area contributed by atoms with Crippen LogP contribution in [0.2, 0.25) is 0 Å². The lowest BCUT2D eigenvalue weighted by Gasteiger charge is -2.15. The quantitative estimate of drug-likeness (QED) is 0.244. The summed E-state index contributed by atoms with van der Waals surface area (Å²) in [5, 5.41) is 0. The molecule has 0 aliphatic carbocycles. The number of halogens is 1. The Labute approximate surface area is 144 Å². The average Bonchev–Trinajstić information content (AvgIpc) is 2.52. The Hall–Kier alpha value is -0.490. The molecule has 0 rings (SSSR count). The number of carbonyl (C=O) groups excluding carboxylic acids is 1. The molecule has 0 fully saturated rings. The third-order valence-electron chi connectivity index (χ3n) is 3.67. The number of hydrogen-bond acceptors (Lipinski definition) is 5. The van der Waals surface area contributed by atoms with E-state index in [4.69, 9.17) is 14.4 Å². The van der Waals surface area contributed by atoms with Gasteiger partial charge in [-0.05, 0) is 6.42 Å². The van der Waals surface area contributed by atoms with E-state index in [0.717, 1.165) is 19.3 Å². The third-order valence-corrected chi connectivity index (χ3v) is 4.14. The second kappa shape index (κ2) is 14.8. The van der Waals surface area contributed by atoms with Crippen molar-refractivity contribution in [2.24, 2.45) is 0 Å². The molecule has 0 saturated carbocycles. The van der Waals surface area contributed by atoms with Crippen molar-refractivity contribution < 1.29 is 32.4 Å². The molecule has 0 aromatic heterocycles. The Kier molecular flexibility index (Phi) is 14.5. The Morgan fingerprint density at radius 2 is 1.58 bits per heavy atom. The van der Waals surface area contributed by atoms with Crippen LogP contribution in [0.25, 0.3) is 0 Å². The molecule has 0 aromatic carbocycles. The van der Waals surface area contributed by atoms with E-state index >= 15 is 0 Å². The van der Waals surface area contributed by atoms with Crippen molar-refractivity contribution in [3.05, 3.63) is 0 Å². The van der Waals surface area contributed by atoms with Crippen LogP contribution in [0.15, 0.2) is 0 Å². The van der Waals surface area contributed by atoms with Crippen molar-refractivity contribution in [1.82, 2.24) is 0 Å². The number of esters is 1. The van der Waals surface area contributed by atoms with Gasteiger partial charge in [-0.3, -0.25) is 14.2 Å². The van der Waals surface area contributed by atoms with Gasteiger partial charge in [-0.15, -0.1) is 4.20 Å². The van der Waals surface area contributed by atoms with Crippen LogP contribution in [0, 0.1) is 0 Å². The Morgan fingerprint density at radius 1 is 1.04 bits per heavy atom. The summed E-state index contributed by atoms with van der Waals surface area (Å²) in [6.07, 6.45) is 10.1. The van der Waals surface area contributed by atoms with Gasteiger partial charge < -0.3 is 9.47 Å². The highest BCUT2D eigenvalue weighted by molar-refractivity contribution is 7.46. The molecule has 2 unspecified atom stereocenters. The van der Waals surface area contributed by atoms with E-state index in [1.165, 1.54) is 45.6 Å². The van der Waals surface area contributed by atoms with Crippen LogP contribution in [0.1, 0.15) is 71.1 Å². The topological polar surface area (TPSA) is 82.1 Å². The zero-order valence-corrected chi connectivity index (χ0v) is 15.8. The summed E-state index contributed by atoms with van der Waals surface area (Å²) in [6, 6.07) is 0. The lowest BCUT2D eigenvalue weighted by molar-refractivity contribution is -0.148. The lowest BCUT2D eigenvalue weighted by Crippen LogP contribution is -2.25. The second-order valence-corrected chi connectivity index (χ2v) is 7.03. The van der Waals surface area contributed by atoms with E-state index in [1.54, 1.807) is 0 Å². The largest absolute Gasteiger partial charge is 0.510 e. The molecule has 0 aliphatic heterocycles. The minimum absolute atomic E-state index is 0.132. The second-order valence-electron chi connectivity index (χ2n) is 5.87. The number of carbonyl (C=O) groups is 1. The first-order chi connectivity index (χ1) is 11.4. The first-order valence-electron chi connectivity index (χ1n) is 8.74. The molecular formula is C16H32FO6P. The maximum Gasteiger partial charge on any atom is 0.510 e. The van der Waals surface area contributed by atoms with Gasteiger partial charge in [0.2, 0.25) is 0 Å². The van der Waals surface area contributed by atoms with Gasteiger partial charge in [0.15, 0.2) is 0 Å². The molecule has 0 saturated heterocycles. The smallest absolute Gasteiger partial charge is 0.463 e. The minimum Gasteiger partial charge on any atom is -0.463 e. The fourth-order valence-corrected chi connectivity index (χ4v) is 2.55. The van der Waals surface area contributed by atoms with Crippen molar-refractivity contribution in [1.29, 1.82) is 0 Å². The van der Waals surface area contributed by atoms with Gasteiger partial charge in [-0.25, -0.2) is 4.57 Å². The summed E-state index contributed by atoms with van der Waals surface area (Å²) >= 11 is 0. The molecule has 1 N–H and O–H groups in total. The minimum atomic E-state index is -5.04. The van der Waals surface area contributed by atoms with E-state index in [1.807, 2.05) is 0 Å². The van der Waals surface area contributed by atoms with Crippen LogP contribution in [0.5, 0.6) is 0 Å². The summed E-state index contributed by atoms with van der Waals surface area (Å²) in [5.41, 5.74) is 0. The van der Waals surface area contributed by atoms with Crippen molar-refractivity contribution in [3.63, 3.8) is 0 Å². The van der Waals surface area contributed by atoms with Crippen molar-refractivity contribution in [3.8, 4) is 0 Å². The number of unbranched alkanes of at least 4 members (excludes halogenated alkanes) is 8. The van der Waals surface area contributed by atoms with Gasteiger partial charge in [0.05, 0.1) is 6.61 Å². The molecule has 0 heterocycles. The number of ether oxygens (including phenoxy) is 2. The summed E-state index contributed by atoms with van der Waals surface area (Å²) in [5.74, 6) is -0.354. The maximum atomic E-state index is 12.4. The maximum absolute atomic E-state index is 12.4. The number of rotatable bonds is 16. The van der Waals surface area contributed by atoms with Gasteiger partial charge in [0.1, 0.15) is 12.7 Å². The van der Waals surface area contributed by atoms with Crippen LogP contribution in [-0.2, 0) is 23.4 Å². The van der Waals surface area contributed by atoms with E-state index in [9.17, 15) is 13.6 Å². The van der Waals surface area contributed by atoms with Crippen molar-refractivity contribution in [2.75, 3.05) is 20.3 Å². The van der Waals surface area contributed by atoms with Crippen LogP contribution in [0.3, 0.4) is 0 Å². The molecule has 0 aliphatic rings. The van der Waals surface area contributed by atoms with E-state index < -0.39 is 20.6 Å². The van der Waals surface area contributed by atoms with Crippen LogP contribution in [-0.4, -0.2) is 37.3 Å². The Bertz CT molecular complexity index is 360. The van der Waals surface area contributed by atoms with E-state index in [2.05, 4.69) is 11.4 Å². The summed E-state index contributed by atoms with van der Waals surface area (Å²) in [4.78, 5) is 20.0. The molecule has 0 amide bonds. The molecule has 144 valence electrons. The summed E-state index contributed by atoms with van der Waals surface area (Å²) in [7, 11) is -3.72. The Morgan fingerprint density at radius 3 is 2.08 bits per heavy atom. The zero-order valence-electron chi connectivity index (χ0n) is 14.9. The SMILES string of the molecule is CCCCCCCCCCCC(=O)OCC(COP(=O)(O)F)OC. The molecule has 2 atom stereocenters. The van der Waals surface area contributed by atoms with Crippen LogP contribution < -0.4 is 0 Å². The number of methoxy groups -OCH3 is 1. The molecule has 24 heavy (non-hydrogen) atoms. The summed E-state index contributed by atoms with van der Waals surface area (Å²) < 4.78 is 36.7. The molecule has 0 spiro atoms. The molecule has 0 radical (unpaired) electrons. The normalized spacial score (nSPS) is 15.0. The predicted molar refractivity (Wildman–Crippen MR) is 90.5 cm³/mol. The average molecular weight is 370 g/mol. The lowest BCUT2D eigenvalue weighted by atomic mass is 10.1. The predicted octanol–water partition coefficient (Wildman–Crippen LogP) is 4.55. The Balaban J connectivity index is 3.55. The van der Waals surface area contributed by atoms with Gasteiger partial charge >= 0.3 is 13.9 Å². The van der Waals surface area contributed by atoms with Gasteiger partial charge in [0.25, 0.3) is 0 Å². The molecule has 6 nitrogen and oxygen atoms in total. The summed E-state index contributed by atoms with van der Waals surface area (Å²) in [6.45, 7) is 1.62. The fraction of sp³-hybridized carbons (Fsp3) is 0.938. The first-order valence-corrected chi connectivity index (χ1v) is 10.2.